The molecule has 0 saturated carbocycles. The topological polar surface area (TPSA) is 45.2 Å². The van der Waals surface area contributed by atoms with Crippen molar-refractivity contribution in [2.24, 2.45) is 5.18 Å². The second kappa shape index (κ2) is 5.54. The van der Waals surface area contributed by atoms with Crippen molar-refractivity contribution < 1.29 is 13.2 Å². The van der Waals surface area contributed by atoms with Crippen molar-refractivity contribution in [1.29, 1.82) is 0 Å². The van der Waals surface area contributed by atoms with E-state index in [2.05, 4.69) is 10.2 Å². The second-order valence-electron chi connectivity index (χ2n) is 4.80. The van der Waals surface area contributed by atoms with E-state index in [4.69, 9.17) is 23.2 Å². The van der Waals surface area contributed by atoms with Crippen LogP contribution in [0.4, 0.5) is 18.9 Å². The minimum Gasteiger partial charge on any atom is -0.351 e. The summed E-state index contributed by atoms with van der Waals surface area (Å²) in [6.45, 7) is 0. The van der Waals surface area contributed by atoms with Crippen LogP contribution in [0, 0.1) is 4.91 Å². The van der Waals surface area contributed by atoms with Crippen LogP contribution in [0.5, 0.6) is 0 Å². The molecule has 0 aliphatic rings. The molecule has 0 radical (unpaired) electrons. The molecule has 0 spiro atoms. The molecule has 1 N–H and O–H groups in total. The van der Waals surface area contributed by atoms with Gasteiger partial charge in [0.1, 0.15) is 5.69 Å². The van der Waals surface area contributed by atoms with Crippen molar-refractivity contribution in [1.82, 2.24) is 4.98 Å². The number of benzene rings is 2. The fourth-order valence-electron chi connectivity index (χ4n) is 2.32. The van der Waals surface area contributed by atoms with Crippen LogP contribution in [0.25, 0.3) is 22.2 Å². The van der Waals surface area contributed by atoms with Gasteiger partial charge >= 0.3 is 6.18 Å². The average Bonchev–Trinajstić information content (AvgIpc) is 2.89. The summed E-state index contributed by atoms with van der Waals surface area (Å²) in [6, 6.07) is 7.49. The number of aromatic amines is 1. The Morgan fingerprint density at radius 1 is 1.00 bits per heavy atom. The predicted octanol–water partition coefficient (Wildman–Crippen LogP) is 6.56. The second-order valence-corrected chi connectivity index (χ2v) is 5.58. The number of aromatic nitrogens is 1. The Morgan fingerprint density at radius 2 is 1.65 bits per heavy atom. The number of nitrogens with one attached hydrogen (secondary N) is 1. The molecule has 3 rings (SSSR count). The number of rotatable bonds is 2. The first kappa shape index (κ1) is 15.8. The molecule has 8 heteroatoms. The maximum atomic E-state index is 12.6. The molecule has 3 nitrogen and oxygen atoms in total. The number of nitroso groups, excluding NO2 is 1. The van der Waals surface area contributed by atoms with E-state index >= 15 is 0 Å². The third-order valence-corrected chi connectivity index (χ3v) is 4.23. The van der Waals surface area contributed by atoms with Gasteiger partial charge in [-0.1, -0.05) is 35.3 Å². The largest absolute Gasteiger partial charge is 0.416 e. The monoisotopic (exact) mass is 358 g/mol. The summed E-state index contributed by atoms with van der Waals surface area (Å²) >= 11 is 12.0. The highest BCUT2D eigenvalue weighted by atomic mass is 35.5. The van der Waals surface area contributed by atoms with E-state index < -0.39 is 11.7 Å². The van der Waals surface area contributed by atoms with Crippen LogP contribution in [-0.4, -0.2) is 4.98 Å². The minimum absolute atomic E-state index is 0.0679. The van der Waals surface area contributed by atoms with Crippen molar-refractivity contribution in [3.63, 3.8) is 0 Å². The molecule has 2 aromatic carbocycles. The quantitative estimate of drug-likeness (QED) is 0.518. The molecule has 0 fully saturated rings. The van der Waals surface area contributed by atoms with Crippen molar-refractivity contribution in [3.05, 3.63) is 56.9 Å². The molecule has 1 aromatic heterocycles. The third kappa shape index (κ3) is 2.68. The van der Waals surface area contributed by atoms with Gasteiger partial charge in [0.15, 0.2) is 0 Å². The number of hydrogen-bond donors (Lipinski definition) is 1. The summed E-state index contributed by atoms with van der Waals surface area (Å²) in [7, 11) is 0. The number of hydrogen-bond acceptors (Lipinski definition) is 2. The molecule has 0 unspecified atom stereocenters. The fraction of sp³-hybridized carbons (Fsp3) is 0.0667. The van der Waals surface area contributed by atoms with Gasteiger partial charge in [-0.2, -0.15) is 13.2 Å². The molecule has 0 amide bonds. The summed E-state index contributed by atoms with van der Waals surface area (Å²) < 4.78 is 37.9. The van der Waals surface area contributed by atoms with Gasteiger partial charge in [-0.05, 0) is 29.4 Å². The zero-order valence-corrected chi connectivity index (χ0v) is 12.7. The lowest BCUT2D eigenvalue weighted by Gasteiger charge is -2.07. The molecule has 0 bridgehead atoms. The van der Waals surface area contributed by atoms with Gasteiger partial charge < -0.3 is 4.98 Å². The van der Waals surface area contributed by atoms with Crippen LogP contribution >= 0.6 is 23.2 Å². The average molecular weight is 359 g/mol. The van der Waals surface area contributed by atoms with E-state index in [1.807, 2.05) is 0 Å². The standard InChI is InChI=1S/C15H7Cl2F3N2O/c16-10-6-5-9-13(11(10)17)21-12(14(9)22-23)7-1-3-8(4-2-7)15(18,19)20/h1-6,21H. The highest BCUT2D eigenvalue weighted by Gasteiger charge is 2.30. The number of alkyl halides is 3. The van der Waals surface area contributed by atoms with Gasteiger partial charge in [-0.25, -0.2) is 0 Å². The fourth-order valence-corrected chi connectivity index (χ4v) is 2.69. The first-order chi connectivity index (χ1) is 10.8. The van der Waals surface area contributed by atoms with E-state index in [0.717, 1.165) is 12.1 Å². The van der Waals surface area contributed by atoms with E-state index in [1.54, 1.807) is 6.07 Å². The smallest absolute Gasteiger partial charge is 0.351 e. The Hall–Kier alpha value is -2.05. The minimum atomic E-state index is -4.43. The molecule has 0 aliphatic heterocycles. The summed E-state index contributed by atoms with van der Waals surface area (Å²) in [5.74, 6) is 0. The molecule has 0 saturated heterocycles. The van der Waals surface area contributed by atoms with Crippen molar-refractivity contribution in [2.45, 2.75) is 6.18 Å². The van der Waals surface area contributed by atoms with Crippen LogP contribution in [0.1, 0.15) is 5.56 Å². The van der Waals surface area contributed by atoms with E-state index in [0.29, 0.717) is 16.5 Å². The van der Waals surface area contributed by atoms with Crippen LogP contribution < -0.4 is 0 Å². The van der Waals surface area contributed by atoms with Gasteiger partial charge in [-0.3, -0.25) is 0 Å². The number of H-pyrrole nitrogens is 1. The van der Waals surface area contributed by atoms with E-state index in [-0.39, 0.29) is 21.4 Å². The first-order valence-corrected chi connectivity index (χ1v) is 7.09. The zero-order chi connectivity index (χ0) is 16.8. The Morgan fingerprint density at radius 3 is 2.22 bits per heavy atom. The summed E-state index contributed by atoms with van der Waals surface area (Å²) in [5, 5.41) is 3.92. The lowest BCUT2D eigenvalue weighted by Crippen LogP contribution is -2.03. The van der Waals surface area contributed by atoms with Crippen molar-refractivity contribution in [3.8, 4) is 11.3 Å². The molecule has 118 valence electrons. The molecule has 3 aromatic rings. The molecule has 0 aliphatic carbocycles. The molecule has 0 atom stereocenters. The van der Waals surface area contributed by atoms with Crippen LogP contribution in [0.2, 0.25) is 10.0 Å². The molecule has 1 heterocycles. The highest BCUT2D eigenvalue weighted by Crippen LogP contribution is 2.42. The zero-order valence-electron chi connectivity index (χ0n) is 11.2. The third-order valence-electron chi connectivity index (χ3n) is 3.43. The molecular formula is C15H7Cl2F3N2O. The van der Waals surface area contributed by atoms with Crippen LogP contribution in [0.15, 0.2) is 41.6 Å². The Balaban J connectivity index is 2.20. The summed E-state index contributed by atoms with van der Waals surface area (Å²) in [5.41, 5.74) is 0.366. The lowest BCUT2D eigenvalue weighted by atomic mass is 10.1. The van der Waals surface area contributed by atoms with E-state index in [9.17, 15) is 18.1 Å². The molecular weight excluding hydrogens is 352 g/mol. The van der Waals surface area contributed by atoms with E-state index in [1.165, 1.54) is 18.2 Å². The maximum absolute atomic E-state index is 12.6. The van der Waals surface area contributed by atoms with Crippen LogP contribution in [0.3, 0.4) is 0 Å². The van der Waals surface area contributed by atoms with Gasteiger partial charge in [0.2, 0.25) is 0 Å². The van der Waals surface area contributed by atoms with Crippen molar-refractivity contribution in [2.75, 3.05) is 0 Å². The normalized spacial score (nSPS) is 11.9. The Kier molecular flexibility index (Phi) is 3.82. The predicted molar refractivity (Wildman–Crippen MR) is 84.2 cm³/mol. The lowest BCUT2D eigenvalue weighted by molar-refractivity contribution is -0.137. The summed E-state index contributed by atoms with van der Waals surface area (Å²) in [6.07, 6.45) is -4.43. The molecule has 23 heavy (non-hydrogen) atoms. The van der Waals surface area contributed by atoms with Gasteiger partial charge in [0.05, 0.1) is 26.8 Å². The SMILES string of the molecule is O=Nc1c(-c2ccc(C(F)(F)F)cc2)[nH]c2c(Cl)c(Cl)ccc12. The maximum Gasteiger partial charge on any atom is 0.416 e. The van der Waals surface area contributed by atoms with Gasteiger partial charge in [0, 0.05) is 10.9 Å². The van der Waals surface area contributed by atoms with Crippen molar-refractivity contribution >= 4 is 39.8 Å². The van der Waals surface area contributed by atoms with Gasteiger partial charge in [0.25, 0.3) is 0 Å². The Labute approximate surface area is 138 Å². The first-order valence-electron chi connectivity index (χ1n) is 6.33. The van der Waals surface area contributed by atoms with Gasteiger partial charge in [-0.15, -0.1) is 4.91 Å². The number of fused-ring (bicyclic) bond motifs is 1. The highest BCUT2D eigenvalue weighted by molar-refractivity contribution is 6.45. The Bertz CT molecular complexity index is 902. The van der Waals surface area contributed by atoms with Crippen LogP contribution in [-0.2, 0) is 6.18 Å². The number of halogens is 5. The summed E-state index contributed by atoms with van der Waals surface area (Å²) in [4.78, 5) is 14.1. The number of nitrogens with zero attached hydrogens (tertiary/aromatic N) is 1.